The summed E-state index contributed by atoms with van der Waals surface area (Å²) in [6, 6.07) is 0. The van der Waals surface area contributed by atoms with E-state index in [-0.39, 0.29) is 11.5 Å². The van der Waals surface area contributed by atoms with E-state index in [0.29, 0.717) is 17.1 Å². The van der Waals surface area contributed by atoms with Gasteiger partial charge in [0, 0.05) is 0 Å². The number of hydrogen-bond donors (Lipinski definition) is 1. The van der Waals surface area contributed by atoms with E-state index in [4.69, 9.17) is 0 Å². The van der Waals surface area contributed by atoms with E-state index in [2.05, 4.69) is 19.9 Å². The van der Waals surface area contributed by atoms with Gasteiger partial charge in [-0.2, -0.15) is 0 Å². The van der Waals surface area contributed by atoms with Crippen LogP contribution in [0.4, 0.5) is 0 Å². The number of hydrogen-bond acceptors (Lipinski definition) is 2. The number of Topliss-reactive ketones (excluding diaryl/α,β-unsaturated/α-hetero) is 1. The van der Waals surface area contributed by atoms with Crippen LogP contribution in [-0.4, -0.2) is 17.0 Å². The van der Waals surface area contributed by atoms with Crippen molar-refractivity contribution in [3.8, 4) is 0 Å². The molecule has 23 heavy (non-hydrogen) atoms. The summed E-state index contributed by atoms with van der Waals surface area (Å²) in [5, 5.41) is 10.1. The Kier molecular flexibility index (Phi) is 3.58. The molecule has 2 nitrogen and oxygen atoms in total. The lowest BCUT2D eigenvalue weighted by Gasteiger charge is -2.60. The molecule has 4 aliphatic rings. The first-order valence-corrected chi connectivity index (χ1v) is 9.76. The zero-order chi connectivity index (χ0) is 16.4. The molecule has 0 aromatic rings. The maximum absolute atomic E-state index is 12.1. The lowest BCUT2D eigenvalue weighted by molar-refractivity contribution is -0.124. The minimum atomic E-state index is -0.0593. The molecule has 0 unspecified atom stereocenters. The minimum Gasteiger partial charge on any atom is -0.393 e. The summed E-state index contributed by atoms with van der Waals surface area (Å²) in [6.45, 7) is 6.65. The maximum atomic E-state index is 12.1. The van der Waals surface area contributed by atoms with Gasteiger partial charge in [0.1, 0.15) is 0 Å². The predicted molar refractivity (Wildman–Crippen MR) is 91.9 cm³/mol. The molecule has 4 rings (SSSR count). The van der Waals surface area contributed by atoms with Gasteiger partial charge in [-0.05, 0) is 98.4 Å². The molecule has 0 aromatic carbocycles. The van der Waals surface area contributed by atoms with Crippen molar-refractivity contribution in [3.05, 3.63) is 11.6 Å². The van der Waals surface area contributed by atoms with Crippen molar-refractivity contribution in [2.24, 2.45) is 34.5 Å². The number of carbonyl (C=O) groups excluding carboxylic acids is 1. The Bertz CT molecular complexity index is 550. The molecular weight excluding hydrogens is 284 g/mol. The van der Waals surface area contributed by atoms with Crippen LogP contribution < -0.4 is 0 Å². The largest absolute Gasteiger partial charge is 0.393 e. The van der Waals surface area contributed by atoms with E-state index in [1.165, 1.54) is 32.1 Å². The second kappa shape index (κ2) is 5.18. The van der Waals surface area contributed by atoms with Crippen LogP contribution in [0.5, 0.6) is 0 Å². The number of carbonyl (C=O) groups is 1. The van der Waals surface area contributed by atoms with E-state index in [1.54, 1.807) is 6.92 Å². The van der Waals surface area contributed by atoms with Crippen molar-refractivity contribution in [2.75, 3.05) is 0 Å². The average Bonchev–Trinajstić information content (AvgIpc) is 2.85. The molecule has 3 fully saturated rings. The number of aliphatic hydroxyl groups excluding tert-OH is 1. The van der Waals surface area contributed by atoms with Gasteiger partial charge in [0.25, 0.3) is 0 Å². The lowest BCUT2D eigenvalue weighted by atomic mass is 9.44. The fourth-order valence-corrected chi connectivity index (χ4v) is 7.35. The van der Waals surface area contributed by atoms with Crippen molar-refractivity contribution in [1.82, 2.24) is 0 Å². The minimum absolute atomic E-state index is 0.0593. The van der Waals surface area contributed by atoms with E-state index in [0.717, 1.165) is 42.6 Å². The molecule has 0 aliphatic heterocycles. The summed E-state index contributed by atoms with van der Waals surface area (Å²) < 4.78 is 0. The Morgan fingerprint density at radius 3 is 2.65 bits per heavy atom. The van der Waals surface area contributed by atoms with Crippen LogP contribution >= 0.6 is 0 Å². The topological polar surface area (TPSA) is 37.3 Å². The molecule has 0 aromatic heterocycles. The predicted octanol–water partition coefficient (Wildman–Crippen LogP) is 4.52. The fourth-order valence-electron chi connectivity index (χ4n) is 7.35. The highest BCUT2D eigenvalue weighted by Gasteiger charge is 2.58. The number of allylic oxidation sites excluding steroid dienone is 2. The SMILES string of the molecule is CC(=O)C1=CC[C@@H]2[C@H]3CC[C@H]4C[C@@H](O)CC[C@]4(C)[C@@H]3CC[C@@]12C. The van der Waals surface area contributed by atoms with Crippen molar-refractivity contribution < 1.29 is 9.90 Å². The van der Waals surface area contributed by atoms with Gasteiger partial charge in [0.15, 0.2) is 5.78 Å². The molecule has 1 N–H and O–H groups in total. The standard InChI is InChI=1S/C21H32O2/c1-13(22)17-6-7-18-16-5-4-14-12-15(23)8-10-20(14,2)19(16)9-11-21(17,18)3/h6,14-16,18-19,23H,4-5,7-12H2,1-3H3/t14-,15-,16+,18+,19+,20-,21-/m0/s1. The molecular formula is C21H32O2. The van der Waals surface area contributed by atoms with Gasteiger partial charge in [-0.1, -0.05) is 19.9 Å². The van der Waals surface area contributed by atoms with Crippen LogP contribution in [0.25, 0.3) is 0 Å². The van der Waals surface area contributed by atoms with Crippen LogP contribution in [0.3, 0.4) is 0 Å². The molecule has 0 heterocycles. The van der Waals surface area contributed by atoms with Gasteiger partial charge >= 0.3 is 0 Å². The maximum Gasteiger partial charge on any atom is 0.156 e. The smallest absolute Gasteiger partial charge is 0.156 e. The average molecular weight is 316 g/mol. The number of fused-ring (bicyclic) bond motifs is 5. The van der Waals surface area contributed by atoms with Gasteiger partial charge in [0.05, 0.1) is 6.10 Å². The highest BCUT2D eigenvalue weighted by Crippen LogP contribution is 2.66. The van der Waals surface area contributed by atoms with Crippen LogP contribution in [0.1, 0.15) is 72.1 Å². The first kappa shape index (κ1) is 15.9. The van der Waals surface area contributed by atoms with Gasteiger partial charge in [-0.3, -0.25) is 4.79 Å². The number of ketones is 1. The van der Waals surface area contributed by atoms with Crippen LogP contribution in [-0.2, 0) is 4.79 Å². The highest BCUT2D eigenvalue weighted by molar-refractivity contribution is 5.95. The summed E-state index contributed by atoms with van der Waals surface area (Å²) in [7, 11) is 0. The van der Waals surface area contributed by atoms with E-state index < -0.39 is 0 Å². The quantitative estimate of drug-likeness (QED) is 0.772. The fraction of sp³-hybridized carbons (Fsp3) is 0.857. The lowest BCUT2D eigenvalue weighted by Crippen LogP contribution is -2.53. The van der Waals surface area contributed by atoms with Gasteiger partial charge in [0.2, 0.25) is 0 Å². The molecule has 2 heteroatoms. The third kappa shape index (κ3) is 2.13. The normalized spacial score (nSPS) is 52.2. The first-order valence-electron chi connectivity index (χ1n) is 9.76. The first-order chi connectivity index (χ1) is 10.9. The monoisotopic (exact) mass is 316 g/mol. The summed E-state index contributed by atoms with van der Waals surface area (Å²) in [5.74, 6) is 3.31. The molecule has 7 atom stereocenters. The van der Waals surface area contributed by atoms with Crippen molar-refractivity contribution in [1.29, 1.82) is 0 Å². The van der Waals surface area contributed by atoms with E-state index >= 15 is 0 Å². The van der Waals surface area contributed by atoms with Crippen molar-refractivity contribution in [3.63, 3.8) is 0 Å². The van der Waals surface area contributed by atoms with Gasteiger partial charge < -0.3 is 5.11 Å². The molecule has 3 saturated carbocycles. The zero-order valence-corrected chi connectivity index (χ0v) is 15.0. The summed E-state index contributed by atoms with van der Waals surface area (Å²) in [6.07, 6.45) is 11.6. The van der Waals surface area contributed by atoms with Crippen LogP contribution in [0, 0.1) is 34.5 Å². The summed E-state index contributed by atoms with van der Waals surface area (Å²) >= 11 is 0. The molecule has 128 valence electrons. The molecule has 0 spiro atoms. The number of aliphatic hydroxyl groups is 1. The van der Waals surface area contributed by atoms with Crippen molar-refractivity contribution >= 4 is 5.78 Å². The summed E-state index contributed by atoms with van der Waals surface area (Å²) in [4.78, 5) is 12.1. The van der Waals surface area contributed by atoms with Gasteiger partial charge in [-0.25, -0.2) is 0 Å². The Hall–Kier alpha value is -0.630. The second-order valence-electron chi connectivity index (χ2n) is 9.45. The Balaban J connectivity index is 1.62. The Morgan fingerprint density at radius 1 is 1.13 bits per heavy atom. The third-order valence-electron chi connectivity index (χ3n) is 8.60. The van der Waals surface area contributed by atoms with E-state index in [9.17, 15) is 9.90 Å². The zero-order valence-electron chi connectivity index (χ0n) is 15.0. The number of rotatable bonds is 1. The third-order valence-corrected chi connectivity index (χ3v) is 8.60. The Morgan fingerprint density at radius 2 is 1.91 bits per heavy atom. The molecule has 0 radical (unpaired) electrons. The molecule has 0 amide bonds. The van der Waals surface area contributed by atoms with Crippen molar-refractivity contribution in [2.45, 2.75) is 78.2 Å². The molecule has 0 bridgehead atoms. The van der Waals surface area contributed by atoms with E-state index in [1.807, 2.05) is 0 Å². The molecule has 4 aliphatic carbocycles. The van der Waals surface area contributed by atoms with Crippen LogP contribution in [0.2, 0.25) is 0 Å². The highest BCUT2D eigenvalue weighted by atomic mass is 16.3. The summed E-state index contributed by atoms with van der Waals surface area (Å²) in [5.41, 5.74) is 1.71. The van der Waals surface area contributed by atoms with Crippen LogP contribution in [0.15, 0.2) is 11.6 Å². The van der Waals surface area contributed by atoms with Gasteiger partial charge in [-0.15, -0.1) is 0 Å². The molecule has 0 saturated heterocycles. The second-order valence-corrected chi connectivity index (χ2v) is 9.45. The Labute approximate surface area is 140 Å².